The van der Waals surface area contributed by atoms with E-state index in [0.717, 1.165) is 24.4 Å². The maximum atomic E-state index is 12.4. The minimum atomic E-state index is 0.152. The predicted molar refractivity (Wildman–Crippen MR) is 82.2 cm³/mol. The smallest absolute Gasteiger partial charge is 0.223 e. The van der Waals surface area contributed by atoms with Gasteiger partial charge in [-0.3, -0.25) is 9.89 Å². The van der Waals surface area contributed by atoms with Crippen LogP contribution in [0.15, 0.2) is 12.7 Å². The molecule has 1 saturated heterocycles. The van der Waals surface area contributed by atoms with E-state index in [9.17, 15) is 4.79 Å². The van der Waals surface area contributed by atoms with E-state index >= 15 is 0 Å². The van der Waals surface area contributed by atoms with Crippen LogP contribution in [0.25, 0.3) is 0 Å². The topological polar surface area (TPSA) is 58.2 Å². The molecular formula is C16H25N3O2. The lowest BCUT2D eigenvalue weighted by Gasteiger charge is -2.19. The van der Waals surface area contributed by atoms with Crippen LogP contribution in [-0.2, 0) is 9.53 Å². The molecule has 5 heteroatoms. The van der Waals surface area contributed by atoms with Gasteiger partial charge in [0.05, 0.1) is 18.4 Å². The molecule has 2 unspecified atom stereocenters. The van der Waals surface area contributed by atoms with Gasteiger partial charge < -0.3 is 9.64 Å². The Balaban J connectivity index is 1.89. The van der Waals surface area contributed by atoms with E-state index < -0.39 is 0 Å². The van der Waals surface area contributed by atoms with Crippen molar-refractivity contribution in [3.05, 3.63) is 29.6 Å². The highest BCUT2D eigenvalue weighted by molar-refractivity contribution is 5.77. The van der Waals surface area contributed by atoms with Gasteiger partial charge in [-0.2, -0.15) is 5.10 Å². The molecule has 1 fully saturated rings. The second kappa shape index (κ2) is 6.89. The largest absolute Gasteiger partial charge is 0.372 e. The number of likely N-dealkylation sites (tertiary alicyclic amines) is 1. The summed E-state index contributed by atoms with van der Waals surface area (Å²) >= 11 is 0. The van der Waals surface area contributed by atoms with Crippen molar-refractivity contribution in [1.82, 2.24) is 15.1 Å². The molecule has 1 aliphatic rings. The number of amides is 1. The zero-order valence-corrected chi connectivity index (χ0v) is 13.2. The number of nitrogens with one attached hydrogen (secondary N) is 1. The summed E-state index contributed by atoms with van der Waals surface area (Å²) in [6, 6.07) is 0. The Morgan fingerprint density at radius 3 is 3.00 bits per heavy atom. The van der Waals surface area contributed by atoms with E-state index in [-0.39, 0.29) is 17.9 Å². The second-order valence-corrected chi connectivity index (χ2v) is 5.83. The van der Waals surface area contributed by atoms with Crippen molar-refractivity contribution in [2.75, 3.05) is 19.7 Å². The average molecular weight is 291 g/mol. The molecule has 1 aliphatic heterocycles. The maximum Gasteiger partial charge on any atom is 0.223 e. The van der Waals surface area contributed by atoms with E-state index in [2.05, 4.69) is 23.7 Å². The monoisotopic (exact) mass is 291 g/mol. The predicted octanol–water partition coefficient (Wildman–Crippen LogP) is 2.32. The zero-order chi connectivity index (χ0) is 15.4. The Morgan fingerprint density at radius 1 is 1.62 bits per heavy atom. The first-order valence-electron chi connectivity index (χ1n) is 7.54. The number of hydrogen-bond donors (Lipinski definition) is 1. The van der Waals surface area contributed by atoms with Gasteiger partial charge in [0.2, 0.25) is 5.91 Å². The van der Waals surface area contributed by atoms with Crippen LogP contribution in [0.5, 0.6) is 0 Å². The molecule has 5 nitrogen and oxygen atoms in total. The molecule has 0 aliphatic carbocycles. The van der Waals surface area contributed by atoms with Crippen molar-refractivity contribution in [2.24, 2.45) is 0 Å². The third kappa shape index (κ3) is 3.73. The second-order valence-electron chi connectivity index (χ2n) is 5.83. The van der Waals surface area contributed by atoms with E-state index in [1.807, 2.05) is 18.7 Å². The molecule has 1 aromatic rings. The van der Waals surface area contributed by atoms with E-state index in [1.165, 1.54) is 5.56 Å². The van der Waals surface area contributed by atoms with E-state index in [0.29, 0.717) is 19.6 Å². The molecular weight excluding hydrogens is 266 g/mol. The highest BCUT2D eigenvalue weighted by Gasteiger charge is 2.28. The molecule has 2 atom stereocenters. The third-order valence-electron chi connectivity index (χ3n) is 4.11. The van der Waals surface area contributed by atoms with E-state index in [1.54, 1.807) is 6.08 Å². The van der Waals surface area contributed by atoms with Gasteiger partial charge in [-0.05, 0) is 31.7 Å². The van der Waals surface area contributed by atoms with Crippen LogP contribution < -0.4 is 0 Å². The van der Waals surface area contributed by atoms with Crippen LogP contribution in [-0.4, -0.2) is 46.8 Å². The van der Waals surface area contributed by atoms with Crippen molar-refractivity contribution in [1.29, 1.82) is 0 Å². The number of aryl methyl sites for hydroxylation is 2. The quantitative estimate of drug-likeness (QED) is 0.818. The van der Waals surface area contributed by atoms with Crippen molar-refractivity contribution >= 4 is 5.91 Å². The lowest BCUT2D eigenvalue weighted by molar-refractivity contribution is -0.131. The Hall–Kier alpha value is -1.62. The summed E-state index contributed by atoms with van der Waals surface area (Å²) in [5, 5.41) is 7.20. The Kier molecular flexibility index (Phi) is 5.17. The van der Waals surface area contributed by atoms with Gasteiger partial charge in [-0.25, -0.2) is 0 Å². The number of aromatic amines is 1. The normalized spacial score (nSPS) is 19.8. The molecule has 1 N–H and O–H groups in total. The number of ether oxygens (including phenoxy) is 1. The first-order valence-corrected chi connectivity index (χ1v) is 7.54. The van der Waals surface area contributed by atoms with Gasteiger partial charge >= 0.3 is 0 Å². The van der Waals surface area contributed by atoms with Crippen LogP contribution >= 0.6 is 0 Å². The molecule has 21 heavy (non-hydrogen) atoms. The average Bonchev–Trinajstić information content (AvgIpc) is 3.03. The minimum absolute atomic E-state index is 0.152. The summed E-state index contributed by atoms with van der Waals surface area (Å²) in [5.41, 5.74) is 3.21. The fraction of sp³-hybridized carbons (Fsp3) is 0.625. The van der Waals surface area contributed by atoms with Gasteiger partial charge in [-0.15, -0.1) is 6.58 Å². The number of aromatic nitrogens is 2. The Bertz CT molecular complexity index is 490. The summed E-state index contributed by atoms with van der Waals surface area (Å²) in [5.74, 6) is 0.386. The van der Waals surface area contributed by atoms with Crippen molar-refractivity contribution in [2.45, 2.75) is 45.6 Å². The van der Waals surface area contributed by atoms with Gasteiger partial charge in [-0.1, -0.05) is 13.0 Å². The van der Waals surface area contributed by atoms with E-state index in [4.69, 9.17) is 4.74 Å². The molecule has 2 heterocycles. The maximum absolute atomic E-state index is 12.4. The zero-order valence-electron chi connectivity index (χ0n) is 13.2. The number of hydrogen-bond acceptors (Lipinski definition) is 3. The molecule has 1 aromatic heterocycles. The summed E-state index contributed by atoms with van der Waals surface area (Å²) in [7, 11) is 0. The minimum Gasteiger partial charge on any atom is -0.372 e. The highest BCUT2D eigenvalue weighted by atomic mass is 16.5. The van der Waals surface area contributed by atoms with Gasteiger partial charge in [0.1, 0.15) is 0 Å². The summed E-state index contributed by atoms with van der Waals surface area (Å²) < 4.78 is 5.62. The fourth-order valence-corrected chi connectivity index (χ4v) is 3.07. The standard InChI is InChI=1S/C16H25N3O2/c1-5-8-21-14-6-7-19(10-14)15(20)9-11(2)16-12(3)17-18-13(16)4/h5,11,14H,1,6-10H2,2-4H3,(H,17,18). The molecule has 0 saturated carbocycles. The summed E-state index contributed by atoms with van der Waals surface area (Å²) in [6.45, 7) is 11.8. The van der Waals surface area contributed by atoms with Gasteiger partial charge in [0.15, 0.2) is 0 Å². The van der Waals surface area contributed by atoms with Crippen LogP contribution in [0.1, 0.15) is 42.6 Å². The molecule has 0 bridgehead atoms. The van der Waals surface area contributed by atoms with Gasteiger partial charge in [0, 0.05) is 25.2 Å². The number of nitrogens with zero attached hydrogens (tertiary/aromatic N) is 2. The first-order chi connectivity index (χ1) is 10.0. The fourth-order valence-electron chi connectivity index (χ4n) is 3.07. The first kappa shape index (κ1) is 15.8. The van der Waals surface area contributed by atoms with Crippen molar-refractivity contribution in [3.63, 3.8) is 0 Å². The van der Waals surface area contributed by atoms with Crippen molar-refractivity contribution in [3.8, 4) is 0 Å². The SMILES string of the molecule is C=CCOC1CCN(C(=O)CC(C)c2c(C)n[nH]c2C)C1. The van der Waals surface area contributed by atoms with Crippen LogP contribution in [0.4, 0.5) is 0 Å². The van der Waals surface area contributed by atoms with Crippen LogP contribution in [0, 0.1) is 13.8 Å². The molecule has 1 amide bonds. The third-order valence-corrected chi connectivity index (χ3v) is 4.11. The molecule has 116 valence electrons. The van der Waals surface area contributed by atoms with Gasteiger partial charge in [0.25, 0.3) is 0 Å². The molecule has 2 rings (SSSR count). The lowest BCUT2D eigenvalue weighted by atomic mass is 9.95. The number of carbonyl (C=O) groups excluding carboxylic acids is 1. The Morgan fingerprint density at radius 2 is 2.38 bits per heavy atom. The summed E-state index contributed by atoms with van der Waals surface area (Å²) in [4.78, 5) is 14.3. The molecule has 0 aromatic carbocycles. The van der Waals surface area contributed by atoms with Crippen LogP contribution in [0.2, 0.25) is 0 Å². The highest BCUT2D eigenvalue weighted by Crippen LogP contribution is 2.26. The number of carbonyl (C=O) groups is 1. The lowest BCUT2D eigenvalue weighted by Crippen LogP contribution is -2.31. The number of H-pyrrole nitrogens is 1. The Labute approximate surface area is 126 Å². The van der Waals surface area contributed by atoms with Crippen LogP contribution in [0.3, 0.4) is 0 Å². The molecule has 0 spiro atoms. The summed E-state index contributed by atoms with van der Waals surface area (Å²) in [6.07, 6.45) is 3.34. The number of rotatable bonds is 6. The van der Waals surface area contributed by atoms with Crippen molar-refractivity contribution < 1.29 is 9.53 Å². The molecule has 0 radical (unpaired) electrons.